The van der Waals surface area contributed by atoms with Crippen molar-refractivity contribution in [2.45, 2.75) is 45.3 Å². The Morgan fingerprint density at radius 3 is 2.89 bits per heavy atom. The molecule has 0 amide bonds. The van der Waals surface area contributed by atoms with E-state index in [4.69, 9.17) is 4.74 Å². The fourth-order valence-corrected chi connectivity index (χ4v) is 3.40. The lowest BCUT2D eigenvalue weighted by molar-refractivity contribution is 0.0700. The standard InChI is InChI=1S/C13H20N2O3S/c1-4-5-9-11(12(16)17)19-13(14-9)15(3)10-6-7-18-8(10)2/h8,10H,4-7H2,1-3H3,(H,16,17). The second-order valence-electron chi connectivity index (χ2n) is 4.87. The molecule has 2 heterocycles. The summed E-state index contributed by atoms with van der Waals surface area (Å²) in [7, 11) is 1.97. The Morgan fingerprint density at radius 2 is 2.37 bits per heavy atom. The smallest absolute Gasteiger partial charge is 0.347 e. The number of rotatable bonds is 5. The number of aromatic nitrogens is 1. The van der Waals surface area contributed by atoms with Gasteiger partial charge in [-0.3, -0.25) is 0 Å². The number of carboxylic acids is 1. The zero-order chi connectivity index (χ0) is 14.0. The van der Waals surface area contributed by atoms with Gasteiger partial charge in [-0.05, 0) is 19.8 Å². The third-order valence-electron chi connectivity index (χ3n) is 3.50. The first-order chi connectivity index (χ1) is 9.04. The Morgan fingerprint density at radius 1 is 1.63 bits per heavy atom. The molecule has 106 valence electrons. The minimum absolute atomic E-state index is 0.164. The van der Waals surface area contributed by atoms with Crippen LogP contribution in [0.15, 0.2) is 0 Å². The predicted octanol–water partition coefficient (Wildman–Crippen LogP) is 2.41. The zero-order valence-electron chi connectivity index (χ0n) is 11.5. The summed E-state index contributed by atoms with van der Waals surface area (Å²) >= 11 is 1.26. The summed E-state index contributed by atoms with van der Waals surface area (Å²) in [6.45, 7) is 4.84. The highest BCUT2D eigenvalue weighted by molar-refractivity contribution is 7.17. The Hall–Kier alpha value is -1.14. The van der Waals surface area contributed by atoms with Gasteiger partial charge in [0, 0.05) is 13.7 Å². The van der Waals surface area contributed by atoms with E-state index in [9.17, 15) is 9.90 Å². The average molecular weight is 284 g/mol. The van der Waals surface area contributed by atoms with Crippen LogP contribution in [0.5, 0.6) is 0 Å². The van der Waals surface area contributed by atoms with Gasteiger partial charge in [0.1, 0.15) is 4.88 Å². The van der Waals surface area contributed by atoms with Crippen molar-refractivity contribution in [3.8, 4) is 0 Å². The van der Waals surface area contributed by atoms with E-state index in [2.05, 4.69) is 9.88 Å². The highest BCUT2D eigenvalue weighted by atomic mass is 32.1. The molecule has 1 aliphatic rings. The van der Waals surface area contributed by atoms with Gasteiger partial charge in [-0.25, -0.2) is 9.78 Å². The van der Waals surface area contributed by atoms with Gasteiger partial charge in [0.15, 0.2) is 5.13 Å². The molecule has 1 fully saturated rings. The molecule has 5 nitrogen and oxygen atoms in total. The van der Waals surface area contributed by atoms with E-state index in [0.29, 0.717) is 17.0 Å². The lowest BCUT2D eigenvalue weighted by atomic mass is 10.1. The summed E-state index contributed by atoms with van der Waals surface area (Å²) in [4.78, 5) is 18.2. The Balaban J connectivity index is 2.24. The first-order valence-electron chi connectivity index (χ1n) is 6.62. The fourth-order valence-electron chi connectivity index (χ4n) is 2.43. The van der Waals surface area contributed by atoms with Crippen molar-refractivity contribution in [2.24, 2.45) is 0 Å². The average Bonchev–Trinajstić information content (AvgIpc) is 2.95. The van der Waals surface area contributed by atoms with Crippen LogP contribution in [0, 0.1) is 0 Å². The van der Waals surface area contributed by atoms with Crippen LogP contribution in [0.25, 0.3) is 0 Å². The maximum absolute atomic E-state index is 11.2. The van der Waals surface area contributed by atoms with Gasteiger partial charge < -0.3 is 14.7 Å². The second-order valence-corrected chi connectivity index (χ2v) is 5.85. The molecular formula is C13H20N2O3S. The summed E-state index contributed by atoms with van der Waals surface area (Å²) in [5.41, 5.74) is 0.702. The summed E-state index contributed by atoms with van der Waals surface area (Å²) in [5.74, 6) is -0.878. The number of carboxylic acid groups (broad SMARTS) is 1. The normalized spacial score (nSPS) is 22.7. The third kappa shape index (κ3) is 2.90. The van der Waals surface area contributed by atoms with Crippen LogP contribution in [0.1, 0.15) is 42.1 Å². The summed E-state index contributed by atoms with van der Waals surface area (Å²) in [6.07, 6.45) is 2.73. The molecule has 0 aromatic carbocycles. The Labute approximate surface area is 117 Å². The molecule has 0 bridgehead atoms. The summed E-state index contributed by atoms with van der Waals surface area (Å²) in [6, 6.07) is 0.280. The molecule has 1 aliphatic heterocycles. The molecule has 2 unspecified atom stereocenters. The molecule has 1 aromatic heterocycles. The van der Waals surface area contributed by atoms with Crippen LogP contribution in [-0.4, -0.2) is 41.9 Å². The molecule has 1 saturated heterocycles. The number of carbonyl (C=O) groups is 1. The highest BCUT2D eigenvalue weighted by Gasteiger charge is 2.30. The number of aromatic carboxylic acids is 1. The maximum atomic E-state index is 11.2. The number of ether oxygens (including phenoxy) is 1. The van der Waals surface area contributed by atoms with Crippen LogP contribution in [0.4, 0.5) is 5.13 Å². The molecule has 0 spiro atoms. The van der Waals surface area contributed by atoms with Crippen LogP contribution in [0.3, 0.4) is 0 Å². The van der Waals surface area contributed by atoms with Crippen LogP contribution >= 0.6 is 11.3 Å². The van der Waals surface area contributed by atoms with E-state index in [-0.39, 0.29) is 12.1 Å². The number of aryl methyl sites for hydroxylation is 1. The van der Waals surface area contributed by atoms with Gasteiger partial charge in [0.2, 0.25) is 0 Å². The van der Waals surface area contributed by atoms with Gasteiger partial charge in [-0.15, -0.1) is 0 Å². The van der Waals surface area contributed by atoms with E-state index < -0.39 is 5.97 Å². The van der Waals surface area contributed by atoms with Gasteiger partial charge >= 0.3 is 5.97 Å². The van der Waals surface area contributed by atoms with E-state index in [1.165, 1.54) is 11.3 Å². The first kappa shape index (κ1) is 14.3. The zero-order valence-corrected chi connectivity index (χ0v) is 12.4. The number of likely N-dealkylation sites (N-methyl/N-ethyl adjacent to an activating group) is 1. The topological polar surface area (TPSA) is 62.7 Å². The molecule has 2 atom stereocenters. The predicted molar refractivity (Wildman–Crippen MR) is 75.3 cm³/mol. The minimum Gasteiger partial charge on any atom is -0.477 e. The number of nitrogens with zero attached hydrogens (tertiary/aromatic N) is 2. The van der Waals surface area contributed by atoms with E-state index in [1.54, 1.807) is 0 Å². The number of anilines is 1. The fraction of sp³-hybridized carbons (Fsp3) is 0.692. The summed E-state index contributed by atoms with van der Waals surface area (Å²) < 4.78 is 5.56. The SMILES string of the molecule is CCCc1nc(N(C)C2CCOC2C)sc1C(=O)O. The molecule has 2 rings (SSSR count). The number of hydrogen-bond donors (Lipinski definition) is 1. The number of hydrogen-bond acceptors (Lipinski definition) is 5. The van der Waals surface area contributed by atoms with Gasteiger partial charge in [-0.2, -0.15) is 0 Å². The van der Waals surface area contributed by atoms with Crippen molar-refractivity contribution in [1.82, 2.24) is 4.98 Å². The Bertz CT molecular complexity index is 461. The molecule has 1 aromatic rings. The first-order valence-corrected chi connectivity index (χ1v) is 7.43. The molecule has 1 N–H and O–H groups in total. The van der Waals surface area contributed by atoms with Crippen LogP contribution < -0.4 is 4.90 Å². The molecule has 0 radical (unpaired) electrons. The van der Waals surface area contributed by atoms with E-state index in [1.807, 2.05) is 20.9 Å². The van der Waals surface area contributed by atoms with E-state index >= 15 is 0 Å². The molecule has 6 heteroatoms. The Kier molecular flexibility index (Phi) is 4.42. The highest BCUT2D eigenvalue weighted by Crippen LogP contribution is 2.31. The van der Waals surface area contributed by atoms with Crippen molar-refractivity contribution in [2.75, 3.05) is 18.6 Å². The van der Waals surface area contributed by atoms with Crippen molar-refractivity contribution >= 4 is 22.4 Å². The lowest BCUT2D eigenvalue weighted by Crippen LogP contribution is -2.36. The molecular weight excluding hydrogens is 264 g/mol. The van der Waals surface area contributed by atoms with Gasteiger partial charge in [0.25, 0.3) is 0 Å². The van der Waals surface area contributed by atoms with Crippen molar-refractivity contribution < 1.29 is 14.6 Å². The largest absolute Gasteiger partial charge is 0.477 e. The second kappa shape index (κ2) is 5.88. The molecule has 19 heavy (non-hydrogen) atoms. The molecule has 0 saturated carbocycles. The monoisotopic (exact) mass is 284 g/mol. The van der Waals surface area contributed by atoms with Crippen molar-refractivity contribution in [3.05, 3.63) is 10.6 Å². The summed E-state index contributed by atoms with van der Waals surface area (Å²) in [5, 5.41) is 10.0. The third-order valence-corrected chi connectivity index (χ3v) is 4.68. The quantitative estimate of drug-likeness (QED) is 0.899. The van der Waals surface area contributed by atoms with Crippen molar-refractivity contribution in [1.29, 1.82) is 0 Å². The van der Waals surface area contributed by atoms with Crippen molar-refractivity contribution in [3.63, 3.8) is 0 Å². The molecule has 0 aliphatic carbocycles. The maximum Gasteiger partial charge on any atom is 0.347 e. The van der Waals surface area contributed by atoms with Crippen LogP contribution in [0.2, 0.25) is 0 Å². The van der Waals surface area contributed by atoms with E-state index in [0.717, 1.165) is 24.6 Å². The van der Waals surface area contributed by atoms with Crippen LogP contribution in [-0.2, 0) is 11.2 Å². The van der Waals surface area contributed by atoms with Gasteiger partial charge in [-0.1, -0.05) is 24.7 Å². The minimum atomic E-state index is -0.878. The lowest BCUT2D eigenvalue weighted by Gasteiger charge is -2.26. The number of thiazole rings is 1. The van der Waals surface area contributed by atoms with Gasteiger partial charge in [0.05, 0.1) is 17.8 Å².